The van der Waals surface area contributed by atoms with Crippen LogP contribution in [0.25, 0.3) is 0 Å². The number of para-hydroxylation sites is 2. The summed E-state index contributed by atoms with van der Waals surface area (Å²) in [5, 5.41) is 0. The van der Waals surface area contributed by atoms with E-state index in [1.807, 2.05) is 62.5 Å². The highest BCUT2D eigenvalue weighted by Crippen LogP contribution is 2.33. The van der Waals surface area contributed by atoms with Gasteiger partial charge in [-0.3, -0.25) is 4.31 Å². The second kappa shape index (κ2) is 6.24. The molecule has 0 aliphatic carbocycles. The highest BCUT2D eigenvalue weighted by Gasteiger charge is 2.28. The van der Waals surface area contributed by atoms with E-state index in [1.54, 1.807) is 4.31 Å². The van der Waals surface area contributed by atoms with Crippen LogP contribution < -0.4 is 9.21 Å². The first-order chi connectivity index (χ1) is 11.0. The molecule has 0 N–H and O–H groups in total. The minimum absolute atomic E-state index is 0.0394. The molecule has 23 heavy (non-hydrogen) atoms. The largest absolute Gasteiger partial charge is 0.373 e. The van der Waals surface area contributed by atoms with Gasteiger partial charge >= 0.3 is 0 Å². The number of fused-ring (bicyclic) bond motifs is 1. The molecule has 3 rings (SSSR count). The van der Waals surface area contributed by atoms with Crippen molar-refractivity contribution in [2.24, 2.45) is 0 Å². The maximum absolute atomic E-state index is 13.0. The van der Waals surface area contributed by atoms with E-state index in [2.05, 4.69) is 4.90 Å². The summed E-state index contributed by atoms with van der Waals surface area (Å²) < 4.78 is 27.7. The molecule has 0 fully saturated rings. The topological polar surface area (TPSA) is 40.6 Å². The average molecular weight is 330 g/mol. The molecule has 0 spiro atoms. The summed E-state index contributed by atoms with van der Waals surface area (Å²) in [5.74, 6) is 0.0394. The summed E-state index contributed by atoms with van der Waals surface area (Å²) in [6.07, 6.45) is 0.818. The molecule has 0 saturated carbocycles. The molecule has 0 aromatic heterocycles. The van der Waals surface area contributed by atoms with Crippen LogP contribution in [0.2, 0.25) is 0 Å². The van der Waals surface area contributed by atoms with Crippen molar-refractivity contribution in [3.8, 4) is 0 Å². The lowest BCUT2D eigenvalue weighted by atomic mass is 10.1. The van der Waals surface area contributed by atoms with Crippen LogP contribution in [0, 0.1) is 6.92 Å². The average Bonchev–Trinajstić information content (AvgIpc) is 2.70. The monoisotopic (exact) mass is 330 g/mol. The minimum Gasteiger partial charge on any atom is -0.373 e. The van der Waals surface area contributed by atoms with Crippen molar-refractivity contribution in [1.29, 1.82) is 0 Å². The third-order valence-corrected chi connectivity index (χ3v) is 6.08. The summed E-state index contributed by atoms with van der Waals surface area (Å²) in [4.78, 5) is 2.12. The summed E-state index contributed by atoms with van der Waals surface area (Å²) in [6, 6.07) is 15.4. The Labute approximate surface area is 138 Å². The maximum atomic E-state index is 13.0. The van der Waals surface area contributed by atoms with Crippen molar-refractivity contribution in [2.75, 3.05) is 29.3 Å². The third-order valence-electron chi connectivity index (χ3n) is 4.35. The fourth-order valence-electron chi connectivity index (χ4n) is 3.03. The number of rotatable bonds is 3. The fourth-order valence-corrected chi connectivity index (χ4v) is 4.76. The zero-order valence-corrected chi connectivity index (χ0v) is 14.4. The molecule has 1 heterocycles. The van der Waals surface area contributed by atoms with Crippen molar-refractivity contribution in [1.82, 2.24) is 0 Å². The molecule has 1 aliphatic rings. The lowest BCUT2D eigenvalue weighted by molar-refractivity contribution is 0.589. The van der Waals surface area contributed by atoms with Gasteiger partial charge in [-0.2, -0.15) is 0 Å². The van der Waals surface area contributed by atoms with Gasteiger partial charge < -0.3 is 4.90 Å². The van der Waals surface area contributed by atoms with Crippen LogP contribution in [0.1, 0.15) is 17.5 Å². The van der Waals surface area contributed by atoms with E-state index in [4.69, 9.17) is 0 Å². The molecule has 0 atom stereocenters. The van der Waals surface area contributed by atoms with Crippen LogP contribution >= 0.6 is 0 Å². The molecule has 0 unspecified atom stereocenters. The minimum atomic E-state index is -3.41. The van der Waals surface area contributed by atoms with Crippen molar-refractivity contribution in [2.45, 2.75) is 19.1 Å². The van der Waals surface area contributed by atoms with Crippen LogP contribution in [0.15, 0.2) is 48.5 Å². The quantitative estimate of drug-likeness (QED) is 0.868. The van der Waals surface area contributed by atoms with Gasteiger partial charge in [0, 0.05) is 20.1 Å². The van der Waals surface area contributed by atoms with Gasteiger partial charge in [-0.05, 0) is 36.6 Å². The predicted molar refractivity (Wildman–Crippen MR) is 95.5 cm³/mol. The molecule has 5 heteroatoms. The van der Waals surface area contributed by atoms with E-state index in [9.17, 15) is 8.42 Å². The lowest BCUT2D eigenvalue weighted by Crippen LogP contribution is -2.32. The summed E-state index contributed by atoms with van der Waals surface area (Å²) in [7, 11) is -1.40. The molecule has 2 aromatic carbocycles. The first-order valence-electron chi connectivity index (χ1n) is 7.84. The van der Waals surface area contributed by atoms with Gasteiger partial charge in [0.05, 0.1) is 17.1 Å². The standard InChI is InChI=1S/C18H22N2O2S/c1-15-8-3-4-9-16(15)14-23(21,22)20-13-7-12-19(2)17-10-5-6-11-18(17)20/h3-6,8-11H,7,12-14H2,1-2H3. The molecule has 122 valence electrons. The summed E-state index contributed by atoms with van der Waals surface area (Å²) >= 11 is 0. The van der Waals surface area contributed by atoms with Gasteiger partial charge in [0.15, 0.2) is 0 Å². The molecule has 0 amide bonds. The Balaban J connectivity index is 1.99. The summed E-state index contributed by atoms with van der Waals surface area (Å²) in [5.41, 5.74) is 3.62. The van der Waals surface area contributed by atoms with Gasteiger partial charge in [-0.15, -0.1) is 0 Å². The van der Waals surface area contributed by atoms with Gasteiger partial charge in [-0.25, -0.2) is 8.42 Å². The van der Waals surface area contributed by atoms with Gasteiger partial charge in [0.1, 0.15) is 0 Å². The molecule has 2 aromatic rings. The normalized spacial score (nSPS) is 15.2. The van der Waals surface area contributed by atoms with E-state index in [0.717, 1.165) is 35.5 Å². The number of hydrogen-bond acceptors (Lipinski definition) is 3. The Morgan fingerprint density at radius 1 is 0.957 bits per heavy atom. The van der Waals surface area contributed by atoms with Gasteiger partial charge in [-0.1, -0.05) is 36.4 Å². The van der Waals surface area contributed by atoms with E-state index in [0.29, 0.717) is 6.54 Å². The number of hydrogen-bond donors (Lipinski definition) is 0. The van der Waals surface area contributed by atoms with Crippen LogP contribution in [0.3, 0.4) is 0 Å². The van der Waals surface area contributed by atoms with Crippen molar-refractivity contribution in [3.05, 3.63) is 59.7 Å². The number of aryl methyl sites for hydroxylation is 1. The van der Waals surface area contributed by atoms with E-state index in [1.165, 1.54) is 0 Å². The Morgan fingerprint density at radius 3 is 2.35 bits per heavy atom. The number of benzene rings is 2. The molecular weight excluding hydrogens is 308 g/mol. The van der Waals surface area contributed by atoms with Crippen LogP contribution in [0.4, 0.5) is 11.4 Å². The van der Waals surface area contributed by atoms with Crippen molar-refractivity contribution >= 4 is 21.4 Å². The molecule has 0 radical (unpaired) electrons. The predicted octanol–water partition coefficient (Wildman–Crippen LogP) is 3.17. The summed E-state index contributed by atoms with van der Waals surface area (Å²) in [6.45, 7) is 3.33. The van der Waals surface area contributed by atoms with E-state index in [-0.39, 0.29) is 5.75 Å². The smallest absolute Gasteiger partial charge is 0.239 e. The fraction of sp³-hybridized carbons (Fsp3) is 0.333. The number of sulfonamides is 1. The number of anilines is 2. The first-order valence-corrected chi connectivity index (χ1v) is 9.45. The molecular formula is C18H22N2O2S. The zero-order valence-electron chi connectivity index (χ0n) is 13.6. The lowest BCUT2D eigenvalue weighted by Gasteiger charge is -2.25. The second-order valence-electron chi connectivity index (χ2n) is 6.02. The Hall–Kier alpha value is -2.01. The maximum Gasteiger partial charge on any atom is 0.239 e. The van der Waals surface area contributed by atoms with E-state index >= 15 is 0 Å². The van der Waals surface area contributed by atoms with Crippen LogP contribution in [-0.2, 0) is 15.8 Å². The third kappa shape index (κ3) is 3.20. The zero-order chi connectivity index (χ0) is 16.4. The Morgan fingerprint density at radius 2 is 1.61 bits per heavy atom. The molecule has 0 bridgehead atoms. The highest BCUT2D eigenvalue weighted by atomic mass is 32.2. The number of nitrogens with zero attached hydrogens (tertiary/aromatic N) is 2. The van der Waals surface area contributed by atoms with Crippen molar-refractivity contribution < 1.29 is 8.42 Å². The van der Waals surface area contributed by atoms with Crippen LogP contribution in [0.5, 0.6) is 0 Å². The molecule has 0 saturated heterocycles. The van der Waals surface area contributed by atoms with Gasteiger partial charge in [0.25, 0.3) is 0 Å². The Bertz CT molecular complexity index is 802. The highest BCUT2D eigenvalue weighted by molar-refractivity contribution is 7.92. The van der Waals surface area contributed by atoms with E-state index < -0.39 is 10.0 Å². The Kier molecular flexibility index (Phi) is 4.31. The molecule has 4 nitrogen and oxygen atoms in total. The van der Waals surface area contributed by atoms with Crippen LogP contribution in [-0.4, -0.2) is 28.6 Å². The first kappa shape index (κ1) is 15.9. The second-order valence-corrected chi connectivity index (χ2v) is 7.91. The van der Waals surface area contributed by atoms with Gasteiger partial charge in [0.2, 0.25) is 10.0 Å². The molecule has 1 aliphatic heterocycles. The SMILES string of the molecule is Cc1ccccc1CS(=O)(=O)N1CCCN(C)c2ccccc21. The van der Waals surface area contributed by atoms with Crippen molar-refractivity contribution in [3.63, 3.8) is 0 Å².